The number of aromatic hydroxyl groups is 1. The molecule has 0 saturated carbocycles. The minimum Gasteiger partial charge on any atom is -0.508 e. The van der Waals surface area contributed by atoms with Crippen LogP contribution in [0.2, 0.25) is 0 Å². The number of aliphatic carboxylic acids is 1. The number of rotatable bonds is 12. The number of benzene rings is 1. The Kier molecular flexibility index (Phi) is 10.1. The van der Waals surface area contributed by atoms with Crippen molar-refractivity contribution in [3.8, 4) is 5.75 Å². The van der Waals surface area contributed by atoms with Gasteiger partial charge >= 0.3 is 5.97 Å². The van der Waals surface area contributed by atoms with Crippen LogP contribution in [0.4, 0.5) is 0 Å². The van der Waals surface area contributed by atoms with E-state index >= 15 is 0 Å². The van der Waals surface area contributed by atoms with Crippen LogP contribution in [0.25, 0.3) is 0 Å². The van der Waals surface area contributed by atoms with E-state index < -0.39 is 60.7 Å². The molecule has 0 saturated heterocycles. The van der Waals surface area contributed by atoms with Crippen molar-refractivity contribution in [2.24, 2.45) is 17.4 Å². The van der Waals surface area contributed by atoms with Gasteiger partial charge in [-0.2, -0.15) is 0 Å². The molecule has 0 radical (unpaired) electrons. The highest BCUT2D eigenvalue weighted by Gasteiger charge is 2.27. The van der Waals surface area contributed by atoms with E-state index in [1.165, 1.54) is 12.1 Å². The molecule has 0 aliphatic carbocycles. The van der Waals surface area contributed by atoms with Gasteiger partial charge in [-0.1, -0.05) is 26.0 Å². The van der Waals surface area contributed by atoms with Crippen LogP contribution >= 0.6 is 0 Å². The molecule has 1 rings (SSSR count). The first-order valence-corrected chi connectivity index (χ1v) is 9.82. The quantitative estimate of drug-likeness (QED) is 0.187. The number of hydrogen-bond acceptors (Lipinski definition) is 7. The molecule has 0 heterocycles. The van der Waals surface area contributed by atoms with E-state index in [2.05, 4.69) is 16.0 Å². The number of amides is 4. The van der Waals surface area contributed by atoms with E-state index in [9.17, 15) is 29.1 Å². The zero-order valence-electron chi connectivity index (χ0n) is 17.8. The third-order valence-corrected chi connectivity index (χ3v) is 4.44. The van der Waals surface area contributed by atoms with Crippen molar-refractivity contribution in [3.05, 3.63) is 29.8 Å². The molecule has 176 valence electrons. The molecular formula is C20H29N5O7. The maximum atomic E-state index is 12.5. The summed E-state index contributed by atoms with van der Waals surface area (Å²) in [5.41, 5.74) is 11.6. The Balaban J connectivity index is 2.64. The summed E-state index contributed by atoms with van der Waals surface area (Å²) in [6.45, 7) is 2.80. The second-order valence-electron chi connectivity index (χ2n) is 7.55. The van der Waals surface area contributed by atoms with Crippen molar-refractivity contribution >= 4 is 29.6 Å². The largest absolute Gasteiger partial charge is 0.508 e. The van der Waals surface area contributed by atoms with E-state index in [1.54, 1.807) is 26.0 Å². The highest BCUT2D eigenvalue weighted by molar-refractivity contribution is 5.93. The van der Waals surface area contributed by atoms with E-state index in [0.29, 0.717) is 0 Å². The average molecular weight is 451 g/mol. The predicted octanol–water partition coefficient (Wildman–Crippen LogP) is -2.04. The number of phenolic OH excluding ortho intramolecular Hbond substituents is 1. The molecule has 3 atom stereocenters. The van der Waals surface area contributed by atoms with Gasteiger partial charge in [0.2, 0.25) is 23.6 Å². The van der Waals surface area contributed by atoms with Crippen molar-refractivity contribution in [1.82, 2.24) is 16.0 Å². The van der Waals surface area contributed by atoms with Crippen LogP contribution in [0.3, 0.4) is 0 Å². The van der Waals surface area contributed by atoms with Gasteiger partial charge < -0.3 is 37.6 Å². The maximum absolute atomic E-state index is 12.5. The SMILES string of the molecule is CC(C)C(NC(=O)C(N)Cc1ccc(O)cc1)C(=O)NCC(=O)NC(CC(N)=O)C(=O)O. The number of nitrogens with two attached hydrogens (primary N) is 2. The summed E-state index contributed by atoms with van der Waals surface area (Å²) in [7, 11) is 0. The number of nitrogens with one attached hydrogen (secondary N) is 3. The van der Waals surface area contributed by atoms with Gasteiger partial charge in [-0.15, -0.1) is 0 Å². The van der Waals surface area contributed by atoms with Crippen molar-refractivity contribution in [2.45, 2.75) is 44.8 Å². The molecule has 9 N–H and O–H groups in total. The standard InChI is InChI=1S/C20H29N5O7/c1-10(2)17(25-18(29)13(21)7-11-3-5-12(26)6-4-11)19(30)23-9-16(28)24-14(20(31)32)8-15(22)27/h3-6,10,13-14,17,26H,7-9,21H2,1-2H3,(H2,22,27)(H,23,30)(H,24,28)(H,25,29)(H,31,32). The highest BCUT2D eigenvalue weighted by Crippen LogP contribution is 2.11. The van der Waals surface area contributed by atoms with Crippen molar-refractivity contribution in [1.29, 1.82) is 0 Å². The van der Waals surface area contributed by atoms with Gasteiger partial charge in [0, 0.05) is 0 Å². The smallest absolute Gasteiger partial charge is 0.326 e. The van der Waals surface area contributed by atoms with Crippen molar-refractivity contribution < 1.29 is 34.2 Å². The summed E-state index contributed by atoms with van der Waals surface area (Å²) in [6, 6.07) is 2.70. The van der Waals surface area contributed by atoms with Gasteiger partial charge in [0.1, 0.15) is 17.8 Å². The Morgan fingerprint density at radius 2 is 1.59 bits per heavy atom. The van der Waals surface area contributed by atoms with E-state index in [-0.39, 0.29) is 18.1 Å². The van der Waals surface area contributed by atoms with Crippen LogP contribution in [-0.2, 0) is 30.4 Å². The molecule has 0 bridgehead atoms. The lowest BCUT2D eigenvalue weighted by molar-refractivity contribution is -0.143. The molecule has 1 aromatic rings. The summed E-state index contributed by atoms with van der Waals surface area (Å²) < 4.78 is 0. The van der Waals surface area contributed by atoms with Crippen LogP contribution in [0.5, 0.6) is 5.75 Å². The zero-order valence-corrected chi connectivity index (χ0v) is 17.8. The first-order chi connectivity index (χ1) is 14.9. The summed E-state index contributed by atoms with van der Waals surface area (Å²) >= 11 is 0. The second-order valence-corrected chi connectivity index (χ2v) is 7.55. The Labute approximate surface area is 184 Å². The predicted molar refractivity (Wildman–Crippen MR) is 113 cm³/mol. The Hall–Kier alpha value is -3.67. The topological polar surface area (TPSA) is 214 Å². The molecule has 12 nitrogen and oxygen atoms in total. The van der Waals surface area contributed by atoms with Crippen LogP contribution < -0.4 is 27.4 Å². The number of carboxylic acid groups (broad SMARTS) is 1. The molecule has 0 aliphatic rings. The average Bonchev–Trinajstić information content (AvgIpc) is 2.70. The summed E-state index contributed by atoms with van der Waals surface area (Å²) in [5.74, 6) is -4.71. The first-order valence-electron chi connectivity index (χ1n) is 9.82. The molecule has 0 fully saturated rings. The number of carbonyl (C=O) groups excluding carboxylic acids is 4. The van der Waals surface area contributed by atoms with Gasteiger partial charge in [0.25, 0.3) is 0 Å². The van der Waals surface area contributed by atoms with Gasteiger partial charge in [-0.25, -0.2) is 4.79 Å². The van der Waals surface area contributed by atoms with Gasteiger partial charge in [-0.05, 0) is 30.0 Å². The van der Waals surface area contributed by atoms with E-state index in [4.69, 9.17) is 16.6 Å². The van der Waals surface area contributed by atoms with E-state index in [1.807, 2.05) is 0 Å². The van der Waals surface area contributed by atoms with Gasteiger partial charge in [0.05, 0.1) is 19.0 Å². The Bertz CT molecular complexity index is 841. The van der Waals surface area contributed by atoms with Crippen LogP contribution in [0.1, 0.15) is 25.8 Å². The normalized spacial score (nSPS) is 13.5. The lowest BCUT2D eigenvalue weighted by Gasteiger charge is -2.23. The molecular weight excluding hydrogens is 422 g/mol. The third-order valence-electron chi connectivity index (χ3n) is 4.44. The zero-order chi connectivity index (χ0) is 24.4. The summed E-state index contributed by atoms with van der Waals surface area (Å²) in [5, 5.41) is 25.3. The lowest BCUT2D eigenvalue weighted by atomic mass is 10.0. The molecule has 3 unspecified atom stereocenters. The lowest BCUT2D eigenvalue weighted by Crippen LogP contribution is -2.55. The monoisotopic (exact) mass is 451 g/mol. The molecule has 32 heavy (non-hydrogen) atoms. The van der Waals surface area contributed by atoms with Crippen LogP contribution in [0, 0.1) is 5.92 Å². The molecule has 12 heteroatoms. The van der Waals surface area contributed by atoms with E-state index in [0.717, 1.165) is 5.56 Å². The molecule has 1 aromatic carbocycles. The first kappa shape index (κ1) is 26.4. The summed E-state index contributed by atoms with van der Waals surface area (Å²) in [6.07, 6.45) is -0.421. The number of carboxylic acids is 1. The number of primary amides is 1. The minimum atomic E-state index is -1.52. The highest BCUT2D eigenvalue weighted by atomic mass is 16.4. The van der Waals surface area contributed by atoms with Gasteiger partial charge in [0.15, 0.2) is 0 Å². The fourth-order valence-electron chi connectivity index (χ4n) is 2.70. The van der Waals surface area contributed by atoms with Gasteiger partial charge in [-0.3, -0.25) is 19.2 Å². The minimum absolute atomic E-state index is 0.0802. The van der Waals surface area contributed by atoms with Crippen molar-refractivity contribution in [3.63, 3.8) is 0 Å². The Morgan fingerprint density at radius 3 is 2.09 bits per heavy atom. The van der Waals surface area contributed by atoms with Crippen LogP contribution in [0.15, 0.2) is 24.3 Å². The number of phenols is 1. The molecule has 4 amide bonds. The molecule has 0 aliphatic heterocycles. The second kappa shape index (κ2) is 12.2. The fraction of sp³-hybridized carbons (Fsp3) is 0.450. The maximum Gasteiger partial charge on any atom is 0.326 e. The molecule has 0 spiro atoms. The van der Waals surface area contributed by atoms with Crippen molar-refractivity contribution in [2.75, 3.05) is 6.54 Å². The Morgan fingerprint density at radius 1 is 1.00 bits per heavy atom. The fourth-order valence-corrected chi connectivity index (χ4v) is 2.70. The molecule has 0 aromatic heterocycles. The number of hydrogen-bond donors (Lipinski definition) is 7. The summed E-state index contributed by atoms with van der Waals surface area (Å²) in [4.78, 5) is 58.8. The van der Waals surface area contributed by atoms with Crippen LogP contribution in [-0.4, -0.2) is 64.5 Å². The third kappa shape index (κ3) is 9.00. The number of carbonyl (C=O) groups is 5.